The molecule has 0 bridgehead atoms. The summed E-state index contributed by atoms with van der Waals surface area (Å²) in [6.45, 7) is 7.32. The van der Waals surface area contributed by atoms with Crippen molar-refractivity contribution in [3.63, 3.8) is 0 Å². The molecular formula is C18H27F2N. The first-order valence-corrected chi connectivity index (χ1v) is 8.20. The fraction of sp³-hybridized carbons (Fsp3) is 0.667. The molecule has 3 atom stereocenters. The summed E-state index contributed by atoms with van der Waals surface area (Å²) in [5.74, 6) is -0.208. The molecule has 21 heavy (non-hydrogen) atoms. The highest BCUT2D eigenvalue weighted by Crippen LogP contribution is 2.42. The van der Waals surface area contributed by atoms with Crippen molar-refractivity contribution < 1.29 is 8.78 Å². The summed E-state index contributed by atoms with van der Waals surface area (Å²) < 4.78 is 27.8. The van der Waals surface area contributed by atoms with Gasteiger partial charge in [-0.15, -0.1) is 0 Å². The van der Waals surface area contributed by atoms with Gasteiger partial charge in [0.15, 0.2) is 11.6 Å². The molecule has 0 aromatic heterocycles. The molecule has 3 unspecified atom stereocenters. The fourth-order valence-electron chi connectivity index (χ4n) is 3.51. The number of benzene rings is 1. The van der Waals surface area contributed by atoms with Gasteiger partial charge in [-0.1, -0.05) is 45.7 Å². The maximum Gasteiger partial charge on any atom is 0.162 e. The highest BCUT2D eigenvalue weighted by atomic mass is 19.2. The molecule has 1 aliphatic carbocycles. The highest BCUT2D eigenvalue weighted by molar-refractivity contribution is 5.24. The molecule has 0 saturated heterocycles. The summed E-state index contributed by atoms with van der Waals surface area (Å²) in [5.41, 5.74) is 0.573. The summed E-state index contributed by atoms with van der Waals surface area (Å²) >= 11 is 0. The van der Waals surface area contributed by atoms with E-state index in [1.807, 2.05) is 0 Å². The largest absolute Gasteiger partial charge is 0.314 e. The molecule has 0 radical (unpaired) electrons. The van der Waals surface area contributed by atoms with Crippen LogP contribution in [-0.2, 0) is 0 Å². The van der Waals surface area contributed by atoms with Crippen molar-refractivity contribution in [1.29, 1.82) is 0 Å². The summed E-state index contributed by atoms with van der Waals surface area (Å²) in [6, 6.07) is 5.03. The van der Waals surface area contributed by atoms with Crippen LogP contribution in [0.3, 0.4) is 0 Å². The number of hydrogen-bond acceptors (Lipinski definition) is 1. The minimum absolute atomic E-state index is 0.130. The van der Waals surface area contributed by atoms with E-state index in [-0.39, 0.29) is 5.92 Å². The van der Waals surface area contributed by atoms with Crippen molar-refractivity contribution in [2.24, 2.45) is 11.8 Å². The molecule has 0 spiro atoms. The average Bonchev–Trinajstić information content (AvgIpc) is 2.48. The van der Waals surface area contributed by atoms with Crippen LogP contribution in [0.15, 0.2) is 18.2 Å². The molecule has 0 heterocycles. The van der Waals surface area contributed by atoms with Gasteiger partial charge in [0.25, 0.3) is 0 Å². The lowest BCUT2D eigenvalue weighted by Gasteiger charge is -2.37. The molecule has 118 valence electrons. The summed E-state index contributed by atoms with van der Waals surface area (Å²) in [7, 11) is 0. The van der Waals surface area contributed by atoms with Gasteiger partial charge < -0.3 is 5.32 Å². The first kappa shape index (κ1) is 16.4. The standard InChI is InChI=1S/C18H27F2N/c1-4-13-8-9-14(11-21-12(2)3)16(10-13)15-6-5-7-17(19)18(15)20/h5-7,12-14,16,21H,4,8-11H2,1-3H3. The van der Waals surface area contributed by atoms with Crippen molar-refractivity contribution in [1.82, 2.24) is 5.32 Å². The minimum atomic E-state index is -0.721. The van der Waals surface area contributed by atoms with E-state index in [9.17, 15) is 8.78 Å². The number of nitrogens with one attached hydrogen (secondary N) is 1. The quantitative estimate of drug-likeness (QED) is 0.817. The lowest BCUT2D eigenvalue weighted by molar-refractivity contribution is 0.218. The van der Waals surface area contributed by atoms with Crippen molar-refractivity contribution in [3.8, 4) is 0 Å². The van der Waals surface area contributed by atoms with Crippen LogP contribution >= 0.6 is 0 Å². The second-order valence-corrected chi connectivity index (χ2v) is 6.66. The average molecular weight is 295 g/mol. The van der Waals surface area contributed by atoms with Crippen LogP contribution in [0.1, 0.15) is 57.9 Å². The summed E-state index contributed by atoms with van der Waals surface area (Å²) in [4.78, 5) is 0. The van der Waals surface area contributed by atoms with E-state index in [1.54, 1.807) is 12.1 Å². The topological polar surface area (TPSA) is 12.0 Å². The van der Waals surface area contributed by atoms with Crippen molar-refractivity contribution >= 4 is 0 Å². The van der Waals surface area contributed by atoms with Crippen LogP contribution in [0.4, 0.5) is 8.78 Å². The maximum atomic E-state index is 14.2. The van der Waals surface area contributed by atoms with E-state index >= 15 is 0 Å². The maximum absolute atomic E-state index is 14.2. The van der Waals surface area contributed by atoms with Gasteiger partial charge in [-0.3, -0.25) is 0 Å². The van der Waals surface area contributed by atoms with E-state index in [2.05, 4.69) is 26.1 Å². The van der Waals surface area contributed by atoms with Gasteiger partial charge in [0, 0.05) is 6.04 Å². The lowest BCUT2D eigenvalue weighted by Crippen LogP contribution is -2.35. The third kappa shape index (κ3) is 4.03. The van der Waals surface area contributed by atoms with E-state index in [0.29, 0.717) is 23.4 Å². The fourth-order valence-corrected chi connectivity index (χ4v) is 3.51. The van der Waals surface area contributed by atoms with Gasteiger partial charge >= 0.3 is 0 Å². The third-order valence-corrected chi connectivity index (χ3v) is 4.85. The molecule has 0 amide bonds. The Labute approximate surface area is 127 Å². The zero-order valence-corrected chi connectivity index (χ0v) is 13.3. The second kappa shape index (κ2) is 7.35. The molecule has 3 heteroatoms. The van der Waals surface area contributed by atoms with Crippen LogP contribution in [-0.4, -0.2) is 12.6 Å². The minimum Gasteiger partial charge on any atom is -0.314 e. The Bertz CT molecular complexity index is 459. The molecule has 1 aromatic carbocycles. The van der Waals surface area contributed by atoms with Crippen LogP contribution in [0.25, 0.3) is 0 Å². The highest BCUT2D eigenvalue weighted by Gasteiger charge is 2.32. The van der Waals surface area contributed by atoms with E-state index < -0.39 is 11.6 Å². The van der Waals surface area contributed by atoms with E-state index in [4.69, 9.17) is 0 Å². The second-order valence-electron chi connectivity index (χ2n) is 6.66. The Hall–Kier alpha value is -0.960. The van der Waals surface area contributed by atoms with Crippen LogP contribution < -0.4 is 5.32 Å². The van der Waals surface area contributed by atoms with Gasteiger partial charge in [-0.2, -0.15) is 0 Å². The molecule has 1 aliphatic rings. The SMILES string of the molecule is CCC1CCC(CNC(C)C)C(c2cccc(F)c2F)C1. The van der Waals surface area contributed by atoms with Crippen LogP contribution in [0.2, 0.25) is 0 Å². The van der Waals surface area contributed by atoms with Gasteiger partial charge in [-0.25, -0.2) is 8.78 Å². The Kier molecular flexibility index (Phi) is 5.74. The molecule has 1 saturated carbocycles. The Morgan fingerprint density at radius 2 is 2.00 bits per heavy atom. The zero-order chi connectivity index (χ0) is 15.4. The van der Waals surface area contributed by atoms with Crippen molar-refractivity contribution in [3.05, 3.63) is 35.4 Å². The van der Waals surface area contributed by atoms with Gasteiger partial charge in [-0.05, 0) is 48.8 Å². The van der Waals surface area contributed by atoms with Crippen molar-refractivity contribution in [2.45, 2.75) is 58.4 Å². The van der Waals surface area contributed by atoms with Crippen LogP contribution in [0.5, 0.6) is 0 Å². The van der Waals surface area contributed by atoms with E-state index in [0.717, 1.165) is 25.8 Å². The first-order chi connectivity index (χ1) is 10.0. The van der Waals surface area contributed by atoms with Gasteiger partial charge in [0.2, 0.25) is 0 Å². The summed E-state index contributed by atoms with van der Waals surface area (Å²) in [5, 5.41) is 3.47. The van der Waals surface area contributed by atoms with Gasteiger partial charge in [0.05, 0.1) is 0 Å². The predicted molar refractivity (Wildman–Crippen MR) is 83.4 cm³/mol. The Morgan fingerprint density at radius 3 is 2.67 bits per heavy atom. The lowest BCUT2D eigenvalue weighted by atomic mass is 9.70. The molecule has 2 rings (SSSR count). The summed E-state index contributed by atoms with van der Waals surface area (Å²) in [6.07, 6.45) is 4.40. The number of rotatable bonds is 5. The number of halogens is 2. The predicted octanol–water partition coefficient (Wildman–Crippen LogP) is 4.87. The first-order valence-electron chi connectivity index (χ1n) is 8.20. The molecule has 1 nitrogen and oxygen atoms in total. The molecular weight excluding hydrogens is 268 g/mol. The Balaban J connectivity index is 2.21. The monoisotopic (exact) mass is 295 g/mol. The van der Waals surface area contributed by atoms with Gasteiger partial charge in [0.1, 0.15) is 0 Å². The molecule has 1 N–H and O–H groups in total. The molecule has 0 aliphatic heterocycles. The zero-order valence-electron chi connectivity index (χ0n) is 13.3. The normalized spacial score (nSPS) is 26.3. The smallest absolute Gasteiger partial charge is 0.162 e. The van der Waals surface area contributed by atoms with E-state index in [1.165, 1.54) is 12.5 Å². The van der Waals surface area contributed by atoms with Crippen LogP contribution in [0, 0.1) is 23.5 Å². The molecule has 1 aromatic rings. The number of hydrogen-bond donors (Lipinski definition) is 1. The molecule has 1 fully saturated rings. The third-order valence-electron chi connectivity index (χ3n) is 4.85. The van der Waals surface area contributed by atoms with Crippen molar-refractivity contribution in [2.75, 3.05) is 6.54 Å². The Morgan fingerprint density at radius 1 is 1.24 bits per heavy atom.